The van der Waals surface area contributed by atoms with E-state index < -0.39 is 0 Å². The Kier molecular flexibility index (Phi) is 7.65. The van der Waals surface area contributed by atoms with E-state index in [2.05, 4.69) is 10.3 Å². The molecule has 0 saturated carbocycles. The van der Waals surface area contributed by atoms with Crippen molar-refractivity contribution in [1.29, 1.82) is 0 Å². The second-order valence-corrected chi connectivity index (χ2v) is 7.91. The highest BCUT2D eigenvalue weighted by Crippen LogP contribution is 2.33. The lowest BCUT2D eigenvalue weighted by molar-refractivity contribution is -0.118. The number of hydrogen-bond acceptors (Lipinski definition) is 6. The number of carbonyl (C=O) groups excluding carboxylic acids is 1. The monoisotopic (exact) mass is 446 g/mol. The number of amides is 1. The van der Waals surface area contributed by atoms with Crippen LogP contribution in [0.5, 0.6) is 11.5 Å². The molecule has 1 amide bonds. The summed E-state index contributed by atoms with van der Waals surface area (Å²) in [5, 5.41) is 3.58. The normalized spacial score (nSPS) is 10.7. The van der Waals surface area contributed by atoms with E-state index in [0.29, 0.717) is 40.5 Å². The summed E-state index contributed by atoms with van der Waals surface area (Å²) in [5.74, 6) is 3.38. The second-order valence-electron chi connectivity index (χ2n) is 6.49. The summed E-state index contributed by atoms with van der Waals surface area (Å²) < 4.78 is 16.4. The SMILES string of the molecule is COc1ccc(-c2nc(CSCC(=O)NCc3ccc(Cl)cc3)c(C)o2)cc1OC. The van der Waals surface area contributed by atoms with Crippen LogP contribution >= 0.6 is 23.4 Å². The summed E-state index contributed by atoms with van der Waals surface area (Å²) in [6, 6.07) is 12.9. The highest BCUT2D eigenvalue weighted by molar-refractivity contribution is 7.99. The fourth-order valence-electron chi connectivity index (χ4n) is 2.75. The molecule has 0 bridgehead atoms. The second kappa shape index (κ2) is 10.4. The minimum atomic E-state index is -0.0313. The molecule has 2 aromatic carbocycles. The molecule has 0 radical (unpaired) electrons. The lowest BCUT2D eigenvalue weighted by atomic mass is 10.2. The molecule has 0 fully saturated rings. The molecule has 1 N–H and O–H groups in total. The van der Waals surface area contributed by atoms with Crippen molar-refractivity contribution >= 4 is 29.3 Å². The Bertz CT molecular complexity index is 1000. The first-order valence-electron chi connectivity index (χ1n) is 9.27. The van der Waals surface area contributed by atoms with E-state index in [1.165, 1.54) is 11.8 Å². The molecule has 0 aliphatic heterocycles. The summed E-state index contributed by atoms with van der Waals surface area (Å²) in [4.78, 5) is 16.7. The fourth-order valence-corrected chi connectivity index (χ4v) is 3.73. The lowest BCUT2D eigenvalue weighted by Crippen LogP contribution is -2.24. The molecule has 3 aromatic rings. The first kappa shape index (κ1) is 22.1. The molecular weight excluding hydrogens is 424 g/mol. The number of hydrogen-bond donors (Lipinski definition) is 1. The Morgan fingerprint density at radius 3 is 2.57 bits per heavy atom. The van der Waals surface area contributed by atoms with Crippen molar-refractivity contribution < 1.29 is 18.7 Å². The molecule has 0 saturated heterocycles. The highest BCUT2D eigenvalue weighted by Gasteiger charge is 2.14. The Morgan fingerprint density at radius 1 is 1.13 bits per heavy atom. The summed E-state index contributed by atoms with van der Waals surface area (Å²) in [7, 11) is 3.18. The van der Waals surface area contributed by atoms with Crippen molar-refractivity contribution in [3.8, 4) is 23.0 Å². The number of aryl methyl sites for hydroxylation is 1. The van der Waals surface area contributed by atoms with E-state index in [-0.39, 0.29) is 5.91 Å². The topological polar surface area (TPSA) is 73.6 Å². The highest BCUT2D eigenvalue weighted by atomic mass is 35.5. The van der Waals surface area contributed by atoms with Gasteiger partial charge in [-0.15, -0.1) is 11.8 Å². The van der Waals surface area contributed by atoms with Crippen LogP contribution in [0.15, 0.2) is 46.9 Å². The number of carbonyl (C=O) groups is 1. The van der Waals surface area contributed by atoms with Crippen LogP contribution in [0.3, 0.4) is 0 Å². The van der Waals surface area contributed by atoms with E-state index in [0.717, 1.165) is 22.6 Å². The van der Waals surface area contributed by atoms with Gasteiger partial charge in [0.2, 0.25) is 11.8 Å². The van der Waals surface area contributed by atoms with Crippen LogP contribution in [0.2, 0.25) is 5.02 Å². The van der Waals surface area contributed by atoms with Crippen LogP contribution in [0.25, 0.3) is 11.5 Å². The summed E-state index contributed by atoms with van der Waals surface area (Å²) >= 11 is 7.36. The average Bonchev–Trinajstić information content (AvgIpc) is 3.13. The fraction of sp³-hybridized carbons (Fsp3) is 0.273. The smallest absolute Gasteiger partial charge is 0.230 e. The number of rotatable bonds is 9. The summed E-state index contributed by atoms with van der Waals surface area (Å²) in [6.45, 7) is 2.34. The van der Waals surface area contributed by atoms with Gasteiger partial charge in [-0.3, -0.25) is 4.79 Å². The predicted molar refractivity (Wildman–Crippen MR) is 119 cm³/mol. The number of benzene rings is 2. The minimum absolute atomic E-state index is 0.0313. The van der Waals surface area contributed by atoms with E-state index in [1.807, 2.05) is 37.3 Å². The number of halogens is 1. The van der Waals surface area contributed by atoms with Gasteiger partial charge in [-0.25, -0.2) is 4.98 Å². The molecule has 158 valence electrons. The van der Waals surface area contributed by atoms with Gasteiger partial charge in [-0.1, -0.05) is 23.7 Å². The van der Waals surface area contributed by atoms with Crippen LogP contribution in [-0.4, -0.2) is 30.9 Å². The van der Waals surface area contributed by atoms with Gasteiger partial charge in [-0.05, 0) is 42.8 Å². The van der Waals surface area contributed by atoms with Gasteiger partial charge < -0.3 is 19.2 Å². The van der Waals surface area contributed by atoms with Crippen molar-refractivity contribution in [3.63, 3.8) is 0 Å². The number of nitrogens with one attached hydrogen (secondary N) is 1. The molecule has 0 aliphatic rings. The number of ether oxygens (including phenoxy) is 2. The zero-order valence-electron chi connectivity index (χ0n) is 17.0. The van der Waals surface area contributed by atoms with Gasteiger partial charge >= 0.3 is 0 Å². The lowest BCUT2D eigenvalue weighted by Gasteiger charge is -2.07. The van der Waals surface area contributed by atoms with E-state index >= 15 is 0 Å². The Hall–Kier alpha value is -2.64. The molecule has 1 heterocycles. The van der Waals surface area contributed by atoms with Gasteiger partial charge in [-0.2, -0.15) is 0 Å². The number of methoxy groups -OCH3 is 2. The molecule has 0 aliphatic carbocycles. The third-order valence-electron chi connectivity index (χ3n) is 4.40. The molecule has 8 heteroatoms. The molecular formula is C22H23ClN2O4S. The first-order chi connectivity index (χ1) is 14.5. The van der Waals surface area contributed by atoms with Gasteiger partial charge in [0, 0.05) is 22.9 Å². The maximum atomic E-state index is 12.1. The Morgan fingerprint density at radius 2 is 1.87 bits per heavy atom. The maximum absolute atomic E-state index is 12.1. The van der Waals surface area contributed by atoms with E-state index in [4.69, 9.17) is 25.5 Å². The molecule has 0 spiro atoms. The molecule has 1 aromatic heterocycles. The first-order valence-corrected chi connectivity index (χ1v) is 10.8. The summed E-state index contributed by atoms with van der Waals surface area (Å²) in [6.07, 6.45) is 0. The third kappa shape index (κ3) is 5.70. The van der Waals surface area contributed by atoms with Crippen LogP contribution in [0.4, 0.5) is 0 Å². The van der Waals surface area contributed by atoms with Gasteiger partial charge in [0.25, 0.3) is 0 Å². The largest absolute Gasteiger partial charge is 0.493 e. The quantitative estimate of drug-likeness (QED) is 0.505. The van der Waals surface area contributed by atoms with Crippen molar-refractivity contribution in [2.24, 2.45) is 0 Å². The molecule has 0 atom stereocenters. The van der Waals surface area contributed by atoms with Crippen LogP contribution in [0.1, 0.15) is 17.0 Å². The predicted octanol–water partition coefficient (Wildman–Crippen LogP) is 4.87. The standard InChI is InChI=1S/C22H23ClN2O4S/c1-14-18(12-30-13-21(26)24-11-15-4-7-17(23)8-5-15)25-22(29-14)16-6-9-19(27-2)20(10-16)28-3/h4-10H,11-13H2,1-3H3,(H,24,26). The van der Waals surface area contributed by atoms with Crippen molar-refractivity contribution in [1.82, 2.24) is 10.3 Å². The van der Waals surface area contributed by atoms with Crippen LogP contribution in [0, 0.1) is 6.92 Å². The molecule has 0 unspecified atom stereocenters. The van der Waals surface area contributed by atoms with Crippen LogP contribution in [-0.2, 0) is 17.1 Å². The zero-order valence-corrected chi connectivity index (χ0v) is 18.6. The molecule has 6 nitrogen and oxygen atoms in total. The number of oxazole rings is 1. The third-order valence-corrected chi connectivity index (χ3v) is 5.59. The van der Waals surface area contributed by atoms with E-state index in [1.54, 1.807) is 26.4 Å². The Labute approximate surface area is 184 Å². The van der Waals surface area contributed by atoms with E-state index in [9.17, 15) is 4.79 Å². The Balaban J connectivity index is 1.53. The van der Waals surface area contributed by atoms with Crippen molar-refractivity contribution in [2.45, 2.75) is 19.2 Å². The van der Waals surface area contributed by atoms with Gasteiger partial charge in [0.15, 0.2) is 11.5 Å². The number of nitrogens with zero attached hydrogens (tertiary/aromatic N) is 1. The molecule has 3 rings (SSSR count). The van der Waals surface area contributed by atoms with Crippen molar-refractivity contribution in [3.05, 3.63) is 64.5 Å². The maximum Gasteiger partial charge on any atom is 0.230 e. The summed E-state index contributed by atoms with van der Waals surface area (Å²) in [5.41, 5.74) is 2.62. The number of aromatic nitrogens is 1. The van der Waals surface area contributed by atoms with Gasteiger partial charge in [0.1, 0.15) is 5.76 Å². The van der Waals surface area contributed by atoms with Crippen molar-refractivity contribution in [2.75, 3.05) is 20.0 Å². The van der Waals surface area contributed by atoms with Gasteiger partial charge in [0.05, 0.1) is 25.7 Å². The average molecular weight is 447 g/mol. The minimum Gasteiger partial charge on any atom is -0.493 e. The zero-order chi connectivity index (χ0) is 21.5. The molecule has 30 heavy (non-hydrogen) atoms. The van der Waals surface area contributed by atoms with Crippen LogP contribution < -0.4 is 14.8 Å². The number of thioether (sulfide) groups is 1.